The minimum absolute atomic E-state index is 0.158. The predicted octanol–water partition coefficient (Wildman–Crippen LogP) is -1.54. The molecule has 2 atom stereocenters. The Kier molecular flexibility index (Phi) is 4.21. The fourth-order valence-corrected chi connectivity index (χ4v) is 2.58. The van der Waals surface area contributed by atoms with Gasteiger partial charge in [0.2, 0.25) is 17.7 Å². The number of carboxylic acids is 1. The quantitative estimate of drug-likeness (QED) is 0.578. The zero-order chi connectivity index (χ0) is 14.7. The lowest BCUT2D eigenvalue weighted by Crippen LogP contribution is -2.51. The van der Waals surface area contributed by atoms with Gasteiger partial charge in [0, 0.05) is 13.0 Å². The second-order valence-corrected chi connectivity index (χ2v) is 4.96. The minimum atomic E-state index is -1.13. The van der Waals surface area contributed by atoms with Gasteiger partial charge in [-0.15, -0.1) is 0 Å². The highest BCUT2D eigenvalue weighted by Crippen LogP contribution is 2.20. The van der Waals surface area contributed by atoms with E-state index in [0.717, 1.165) is 0 Å². The van der Waals surface area contributed by atoms with E-state index >= 15 is 0 Å². The second-order valence-electron chi connectivity index (χ2n) is 4.96. The number of amides is 3. The van der Waals surface area contributed by atoms with Crippen LogP contribution < -0.4 is 10.6 Å². The van der Waals surface area contributed by atoms with Gasteiger partial charge in [0.25, 0.3) is 0 Å². The Hall–Kier alpha value is -2.12. The molecular formula is C12H17N3O5. The standard InChI is InChI=1S/C12H17N3O5/c16-9-4-3-7(14-9)12(20)15-5-1-2-8(15)11(19)13-6-10(17)18/h7-8H,1-6H2,(H,13,19)(H,14,16)(H,17,18)/t7-,8-/m0/s1. The Morgan fingerprint density at radius 3 is 2.70 bits per heavy atom. The number of carbonyl (C=O) groups excluding carboxylic acids is 3. The third-order valence-electron chi connectivity index (χ3n) is 3.55. The molecule has 3 amide bonds. The van der Waals surface area contributed by atoms with E-state index in [1.807, 2.05) is 0 Å². The number of hydrogen-bond donors (Lipinski definition) is 3. The van der Waals surface area contributed by atoms with Crippen molar-refractivity contribution >= 4 is 23.7 Å². The van der Waals surface area contributed by atoms with Gasteiger partial charge in [-0.05, 0) is 19.3 Å². The van der Waals surface area contributed by atoms with Crippen molar-refractivity contribution in [3.63, 3.8) is 0 Å². The molecule has 20 heavy (non-hydrogen) atoms. The zero-order valence-electron chi connectivity index (χ0n) is 10.9. The maximum absolute atomic E-state index is 12.3. The van der Waals surface area contributed by atoms with E-state index < -0.39 is 30.5 Å². The Morgan fingerprint density at radius 1 is 1.35 bits per heavy atom. The molecule has 3 N–H and O–H groups in total. The molecule has 2 fully saturated rings. The van der Waals surface area contributed by atoms with Gasteiger partial charge in [-0.3, -0.25) is 19.2 Å². The highest BCUT2D eigenvalue weighted by atomic mass is 16.4. The van der Waals surface area contributed by atoms with Gasteiger partial charge in [0.1, 0.15) is 18.6 Å². The Morgan fingerprint density at radius 2 is 2.10 bits per heavy atom. The molecule has 0 bridgehead atoms. The van der Waals surface area contributed by atoms with Crippen LogP contribution in [0.2, 0.25) is 0 Å². The largest absolute Gasteiger partial charge is 0.480 e. The first-order valence-corrected chi connectivity index (χ1v) is 6.58. The van der Waals surface area contributed by atoms with E-state index in [0.29, 0.717) is 32.2 Å². The normalized spacial score (nSPS) is 25.4. The highest BCUT2D eigenvalue weighted by molar-refractivity contribution is 5.94. The Balaban J connectivity index is 1.96. The van der Waals surface area contributed by atoms with Crippen LogP contribution >= 0.6 is 0 Å². The van der Waals surface area contributed by atoms with Crippen LogP contribution in [0.5, 0.6) is 0 Å². The molecule has 0 aliphatic carbocycles. The molecule has 2 heterocycles. The lowest BCUT2D eigenvalue weighted by molar-refractivity contribution is -0.142. The molecule has 2 aliphatic heterocycles. The smallest absolute Gasteiger partial charge is 0.322 e. The van der Waals surface area contributed by atoms with E-state index in [1.165, 1.54) is 4.90 Å². The molecule has 2 saturated heterocycles. The molecule has 0 radical (unpaired) electrons. The summed E-state index contributed by atoms with van der Waals surface area (Å²) in [5.74, 6) is -2.00. The van der Waals surface area contributed by atoms with Crippen molar-refractivity contribution < 1.29 is 24.3 Å². The molecule has 8 heteroatoms. The Labute approximate surface area is 115 Å². The highest BCUT2D eigenvalue weighted by Gasteiger charge is 2.39. The summed E-state index contributed by atoms with van der Waals surface area (Å²) < 4.78 is 0. The molecule has 0 aromatic carbocycles. The first-order valence-electron chi connectivity index (χ1n) is 6.58. The predicted molar refractivity (Wildman–Crippen MR) is 66.5 cm³/mol. The summed E-state index contributed by atoms with van der Waals surface area (Å²) in [7, 11) is 0. The average Bonchev–Trinajstić information content (AvgIpc) is 3.03. The van der Waals surface area contributed by atoms with Gasteiger partial charge in [0.15, 0.2) is 0 Å². The number of likely N-dealkylation sites (tertiary alicyclic amines) is 1. The van der Waals surface area contributed by atoms with E-state index in [4.69, 9.17) is 5.11 Å². The third kappa shape index (κ3) is 3.06. The van der Waals surface area contributed by atoms with Gasteiger partial charge < -0.3 is 20.6 Å². The van der Waals surface area contributed by atoms with Gasteiger partial charge >= 0.3 is 5.97 Å². The van der Waals surface area contributed by atoms with Crippen LogP contribution in [0.3, 0.4) is 0 Å². The van der Waals surface area contributed by atoms with Crippen LogP contribution in [-0.2, 0) is 19.2 Å². The second kappa shape index (κ2) is 5.89. The number of nitrogens with zero attached hydrogens (tertiary/aromatic N) is 1. The van der Waals surface area contributed by atoms with Crippen LogP contribution in [-0.4, -0.2) is 58.9 Å². The van der Waals surface area contributed by atoms with E-state index in [-0.39, 0.29) is 11.8 Å². The molecule has 2 aliphatic rings. The van der Waals surface area contributed by atoms with Crippen LogP contribution in [0.15, 0.2) is 0 Å². The van der Waals surface area contributed by atoms with Crippen molar-refractivity contribution in [1.29, 1.82) is 0 Å². The van der Waals surface area contributed by atoms with Crippen molar-refractivity contribution in [1.82, 2.24) is 15.5 Å². The van der Waals surface area contributed by atoms with Crippen molar-refractivity contribution in [2.45, 2.75) is 37.8 Å². The van der Waals surface area contributed by atoms with E-state index in [2.05, 4.69) is 10.6 Å². The molecule has 0 saturated carbocycles. The lowest BCUT2D eigenvalue weighted by Gasteiger charge is -2.26. The first kappa shape index (κ1) is 14.3. The number of carboxylic acid groups (broad SMARTS) is 1. The molecule has 2 rings (SSSR count). The molecule has 0 aromatic heterocycles. The van der Waals surface area contributed by atoms with Crippen LogP contribution in [0.25, 0.3) is 0 Å². The van der Waals surface area contributed by atoms with E-state index in [9.17, 15) is 19.2 Å². The fourth-order valence-electron chi connectivity index (χ4n) is 2.58. The fraction of sp³-hybridized carbons (Fsp3) is 0.667. The molecule has 0 unspecified atom stereocenters. The summed E-state index contributed by atoms with van der Waals surface area (Å²) in [6.07, 6.45) is 1.97. The molecule has 110 valence electrons. The lowest BCUT2D eigenvalue weighted by atomic mass is 10.1. The average molecular weight is 283 g/mol. The van der Waals surface area contributed by atoms with Crippen LogP contribution in [0.4, 0.5) is 0 Å². The number of aliphatic carboxylic acids is 1. The summed E-state index contributed by atoms with van der Waals surface area (Å²) in [5.41, 5.74) is 0. The number of rotatable bonds is 4. The maximum atomic E-state index is 12.3. The monoisotopic (exact) mass is 283 g/mol. The van der Waals surface area contributed by atoms with Crippen LogP contribution in [0, 0.1) is 0 Å². The summed E-state index contributed by atoms with van der Waals surface area (Å²) in [6, 6.07) is -1.20. The van der Waals surface area contributed by atoms with Crippen molar-refractivity contribution in [3.8, 4) is 0 Å². The van der Waals surface area contributed by atoms with Gasteiger partial charge in [-0.1, -0.05) is 0 Å². The Bertz CT molecular complexity index is 450. The van der Waals surface area contributed by atoms with Gasteiger partial charge in [0.05, 0.1) is 0 Å². The first-order chi connectivity index (χ1) is 9.49. The molecule has 0 aromatic rings. The molecular weight excluding hydrogens is 266 g/mol. The van der Waals surface area contributed by atoms with Crippen LogP contribution in [0.1, 0.15) is 25.7 Å². The number of hydrogen-bond acceptors (Lipinski definition) is 4. The SMILES string of the molecule is O=C(O)CNC(=O)[C@@H]1CCCN1C(=O)[C@@H]1CCC(=O)N1. The minimum Gasteiger partial charge on any atom is -0.480 e. The summed E-state index contributed by atoms with van der Waals surface area (Å²) >= 11 is 0. The summed E-state index contributed by atoms with van der Waals surface area (Å²) in [5, 5.41) is 13.4. The molecule has 0 spiro atoms. The van der Waals surface area contributed by atoms with Crippen molar-refractivity contribution in [2.24, 2.45) is 0 Å². The van der Waals surface area contributed by atoms with E-state index in [1.54, 1.807) is 0 Å². The summed E-state index contributed by atoms with van der Waals surface area (Å²) in [4.78, 5) is 47.2. The zero-order valence-corrected chi connectivity index (χ0v) is 10.9. The summed E-state index contributed by atoms with van der Waals surface area (Å²) in [6.45, 7) is -0.00606. The molecule has 8 nitrogen and oxygen atoms in total. The van der Waals surface area contributed by atoms with Gasteiger partial charge in [-0.2, -0.15) is 0 Å². The number of nitrogens with one attached hydrogen (secondary N) is 2. The van der Waals surface area contributed by atoms with Crippen molar-refractivity contribution in [2.75, 3.05) is 13.1 Å². The third-order valence-corrected chi connectivity index (χ3v) is 3.55. The van der Waals surface area contributed by atoms with Gasteiger partial charge in [-0.25, -0.2) is 0 Å². The number of carbonyl (C=O) groups is 4. The topological polar surface area (TPSA) is 116 Å². The maximum Gasteiger partial charge on any atom is 0.322 e. The van der Waals surface area contributed by atoms with Crippen molar-refractivity contribution in [3.05, 3.63) is 0 Å².